The lowest BCUT2D eigenvalue weighted by Gasteiger charge is -2.35. The highest BCUT2D eigenvalue weighted by Gasteiger charge is 2.35. The van der Waals surface area contributed by atoms with E-state index < -0.39 is 5.60 Å². The maximum Gasteiger partial charge on any atom is 0.145 e. The van der Waals surface area contributed by atoms with E-state index in [0.29, 0.717) is 12.4 Å². The maximum absolute atomic E-state index is 9.96. The van der Waals surface area contributed by atoms with Crippen LogP contribution in [0.25, 0.3) is 0 Å². The van der Waals surface area contributed by atoms with Crippen molar-refractivity contribution >= 4 is 0 Å². The van der Waals surface area contributed by atoms with Gasteiger partial charge in [0.05, 0.1) is 11.8 Å². The average molecular weight is 271 g/mol. The second kappa shape index (κ2) is 5.51. The number of rotatable bonds is 5. The number of nitrogens with zero attached hydrogens (tertiary/aromatic N) is 1. The predicted octanol–water partition coefficient (Wildman–Crippen LogP) is 3.17. The number of ether oxygens (including phenoxy) is 2. The van der Waals surface area contributed by atoms with Crippen molar-refractivity contribution in [1.82, 2.24) is 4.98 Å². The van der Waals surface area contributed by atoms with Gasteiger partial charge in [-0.15, -0.1) is 0 Å². The Morgan fingerprint density at radius 3 is 2.40 bits per heavy atom. The lowest BCUT2D eigenvalue weighted by atomic mass is 9.81. The van der Waals surface area contributed by atoms with Crippen LogP contribution in [-0.2, 0) is 0 Å². The first-order valence-electron chi connectivity index (χ1n) is 6.77. The minimum Gasteiger partial charge on any atom is -0.491 e. The Kier molecular flexibility index (Phi) is 3.56. The summed E-state index contributed by atoms with van der Waals surface area (Å²) in [7, 11) is 0. The van der Waals surface area contributed by atoms with Crippen molar-refractivity contribution in [2.24, 2.45) is 0 Å². The molecule has 0 spiro atoms. The Morgan fingerprint density at radius 1 is 1.05 bits per heavy atom. The van der Waals surface area contributed by atoms with Crippen molar-refractivity contribution in [3.8, 4) is 17.2 Å². The molecule has 20 heavy (non-hydrogen) atoms. The molecule has 0 bridgehead atoms. The molecule has 0 radical (unpaired) electrons. The van der Waals surface area contributed by atoms with Gasteiger partial charge >= 0.3 is 0 Å². The predicted molar refractivity (Wildman–Crippen MR) is 75.0 cm³/mol. The van der Waals surface area contributed by atoms with Crippen LogP contribution in [0.3, 0.4) is 0 Å². The highest BCUT2D eigenvalue weighted by atomic mass is 16.5. The summed E-state index contributed by atoms with van der Waals surface area (Å²) in [4.78, 5) is 3.99. The average Bonchev–Trinajstić information content (AvgIpc) is 2.46. The van der Waals surface area contributed by atoms with E-state index in [0.717, 1.165) is 30.8 Å². The number of aliphatic hydroxyl groups is 1. The van der Waals surface area contributed by atoms with E-state index >= 15 is 0 Å². The van der Waals surface area contributed by atoms with Gasteiger partial charge in [0, 0.05) is 6.20 Å². The van der Waals surface area contributed by atoms with Gasteiger partial charge in [0.15, 0.2) is 0 Å². The number of hydrogen-bond acceptors (Lipinski definition) is 4. The van der Waals surface area contributed by atoms with Crippen molar-refractivity contribution in [3.63, 3.8) is 0 Å². The van der Waals surface area contributed by atoms with E-state index in [4.69, 9.17) is 9.47 Å². The van der Waals surface area contributed by atoms with E-state index in [9.17, 15) is 5.11 Å². The summed E-state index contributed by atoms with van der Waals surface area (Å²) in [5.41, 5.74) is -0.620. The zero-order valence-electron chi connectivity index (χ0n) is 11.2. The fraction of sp³-hybridized carbons (Fsp3) is 0.312. The van der Waals surface area contributed by atoms with Gasteiger partial charge in [-0.3, -0.25) is 4.98 Å². The summed E-state index contributed by atoms with van der Waals surface area (Å²) in [6, 6.07) is 11.0. The van der Waals surface area contributed by atoms with Crippen LogP contribution in [0.15, 0.2) is 48.8 Å². The van der Waals surface area contributed by atoms with E-state index in [1.165, 1.54) is 0 Å². The molecular formula is C16H17NO3. The Hall–Kier alpha value is -2.07. The lowest BCUT2D eigenvalue weighted by molar-refractivity contribution is -0.0663. The van der Waals surface area contributed by atoms with Crippen molar-refractivity contribution in [3.05, 3.63) is 48.8 Å². The van der Waals surface area contributed by atoms with E-state index in [2.05, 4.69) is 4.98 Å². The van der Waals surface area contributed by atoms with Gasteiger partial charge in [-0.05, 0) is 55.7 Å². The summed E-state index contributed by atoms with van der Waals surface area (Å²) in [6.45, 7) is 0.357. The largest absolute Gasteiger partial charge is 0.491 e. The van der Waals surface area contributed by atoms with Gasteiger partial charge in [-0.2, -0.15) is 0 Å². The molecule has 4 heteroatoms. The quantitative estimate of drug-likeness (QED) is 0.907. The van der Waals surface area contributed by atoms with Crippen molar-refractivity contribution < 1.29 is 14.6 Å². The highest BCUT2D eigenvalue weighted by molar-refractivity contribution is 5.34. The summed E-state index contributed by atoms with van der Waals surface area (Å²) >= 11 is 0. The number of pyridine rings is 1. The fourth-order valence-corrected chi connectivity index (χ4v) is 2.09. The van der Waals surface area contributed by atoms with E-state index in [1.807, 2.05) is 36.4 Å². The summed E-state index contributed by atoms with van der Waals surface area (Å²) < 4.78 is 11.2. The van der Waals surface area contributed by atoms with Crippen molar-refractivity contribution in [2.45, 2.75) is 24.9 Å². The Morgan fingerprint density at radius 2 is 1.80 bits per heavy atom. The standard InChI is InChI=1S/C16H17NO3/c18-16(8-2-9-16)12-19-13-4-6-14(7-5-13)20-15-3-1-10-17-11-15/h1,3-7,10-11,18H,2,8-9,12H2. The second-order valence-corrected chi connectivity index (χ2v) is 5.13. The molecule has 0 unspecified atom stereocenters. The van der Waals surface area contributed by atoms with Gasteiger partial charge < -0.3 is 14.6 Å². The van der Waals surface area contributed by atoms with Crippen LogP contribution < -0.4 is 9.47 Å². The summed E-state index contributed by atoms with van der Waals surface area (Å²) in [5.74, 6) is 2.17. The molecule has 1 N–H and O–H groups in total. The molecule has 0 aliphatic heterocycles. The van der Waals surface area contributed by atoms with Crippen LogP contribution in [0.4, 0.5) is 0 Å². The number of aromatic nitrogens is 1. The molecule has 0 atom stereocenters. The molecule has 0 amide bonds. The number of benzene rings is 1. The van der Waals surface area contributed by atoms with Gasteiger partial charge in [0.25, 0.3) is 0 Å². The zero-order valence-corrected chi connectivity index (χ0v) is 11.2. The fourth-order valence-electron chi connectivity index (χ4n) is 2.09. The molecule has 1 fully saturated rings. The monoisotopic (exact) mass is 271 g/mol. The molecule has 1 saturated carbocycles. The van der Waals surface area contributed by atoms with Crippen LogP contribution in [0.1, 0.15) is 19.3 Å². The summed E-state index contributed by atoms with van der Waals surface area (Å²) in [5, 5.41) is 9.96. The lowest BCUT2D eigenvalue weighted by Crippen LogP contribution is -2.42. The molecule has 1 aliphatic carbocycles. The van der Waals surface area contributed by atoms with Gasteiger partial charge in [-0.1, -0.05) is 0 Å². The SMILES string of the molecule is OC1(COc2ccc(Oc3cccnc3)cc2)CCC1. The second-order valence-electron chi connectivity index (χ2n) is 5.13. The van der Waals surface area contributed by atoms with Crippen LogP contribution in [-0.4, -0.2) is 22.3 Å². The third-order valence-electron chi connectivity index (χ3n) is 3.49. The van der Waals surface area contributed by atoms with Gasteiger partial charge in [0.1, 0.15) is 23.9 Å². The Labute approximate surface area is 118 Å². The maximum atomic E-state index is 9.96. The minimum atomic E-state index is -0.620. The normalized spacial score (nSPS) is 16.2. The first-order chi connectivity index (χ1) is 9.73. The Bertz CT molecular complexity index is 550. The first kappa shape index (κ1) is 12.9. The molecule has 2 aromatic rings. The van der Waals surface area contributed by atoms with Crippen LogP contribution in [0, 0.1) is 0 Å². The molecule has 1 aliphatic rings. The molecular weight excluding hydrogens is 254 g/mol. The van der Waals surface area contributed by atoms with E-state index in [-0.39, 0.29) is 0 Å². The molecule has 1 aromatic heterocycles. The molecule has 0 saturated heterocycles. The van der Waals surface area contributed by atoms with E-state index in [1.54, 1.807) is 12.4 Å². The van der Waals surface area contributed by atoms with Crippen molar-refractivity contribution in [2.75, 3.05) is 6.61 Å². The smallest absolute Gasteiger partial charge is 0.145 e. The van der Waals surface area contributed by atoms with Gasteiger partial charge in [-0.25, -0.2) is 0 Å². The van der Waals surface area contributed by atoms with Crippen molar-refractivity contribution in [1.29, 1.82) is 0 Å². The first-order valence-corrected chi connectivity index (χ1v) is 6.77. The highest BCUT2D eigenvalue weighted by Crippen LogP contribution is 2.32. The van der Waals surface area contributed by atoms with Crippen LogP contribution in [0.2, 0.25) is 0 Å². The van der Waals surface area contributed by atoms with Gasteiger partial charge in [0.2, 0.25) is 0 Å². The third-order valence-corrected chi connectivity index (χ3v) is 3.49. The minimum absolute atomic E-state index is 0.357. The topological polar surface area (TPSA) is 51.6 Å². The Balaban J connectivity index is 1.57. The molecule has 1 heterocycles. The molecule has 3 rings (SSSR count). The molecule has 1 aromatic carbocycles. The zero-order chi connectivity index (χ0) is 13.8. The summed E-state index contributed by atoms with van der Waals surface area (Å²) in [6.07, 6.45) is 6.10. The number of hydrogen-bond donors (Lipinski definition) is 1. The van der Waals surface area contributed by atoms with Crippen LogP contribution in [0.5, 0.6) is 17.2 Å². The third kappa shape index (κ3) is 3.08. The molecule has 4 nitrogen and oxygen atoms in total. The van der Waals surface area contributed by atoms with Crippen LogP contribution >= 0.6 is 0 Å². The molecule has 104 valence electrons.